The van der Waals surface area contributed by atoms with E-state index < -0.39 is 12.3 Å². The van der Waals surface area contributed by atoms with Gasteiger partial charge in [-0.05, 0) is 43.8 Å². The Kier molecular flexibility index (Phi) is 8.63. The number of amides is 1. The minimum Gasteiger partial charge on any atom is -0.463 e. The molecular formula is C22H23F3N2O4. The van der Waals surface area contributed by atoms with E-state index in [1.807, 2.05) is 0 Å². The summed E-state index contributed by atoms with van der Waals surface area (Å²) in [6.07, 6.45) is -1.88. The third-order valence-electron chi connectivity index (χ3n) is 3.94. The predicted octanol–water partition coefficient (Wildman–Crippen LogP) is 4.23. The van der Waals surface area contributed by atoms with Crippen LogP contribution in [0.3, 0.4) is 0 Å². The standard InChI is InChI=1S/C22H23F3N2O4/c1-3-30-21(29)13-10-16-8-11-18(12-9-16)26-20(28)15-27(2)14-17-6-4-5-7-19(17)31-22(23,24)25/h4-13H,3,14-15H2,1-2H3,(H,26,28)/b13-10+. The van der Waals surface area contributed by atoms with Crippen molar-refractivity contribution in [3.8, 4) is 5.75 Å². The highest BCUT2D eigenvalue weighted by molar-refractivity contribution is 5.92. The molecule has 0 aliphatic carbocycles. The zero-order valence-electron chi connectivity index (χ0n) is 17.1. The van der Waals surface area contributed by atoms with Crippen LogP contribution in [0.5, 0.6) is 5.75 Å². The third-order valence-corrected chi connectivity index (χ3v) is 3.94. The lowest BCUT2D eigenvalue weighted by molar-refractivity contribution is -0.275. The lowest BCUT2D eigenvalue weighted by Crippen LogP contribution is -2.30. The van der Waals surface area contributed by atoms with Crippen LogP contribution in [0.2, 0.25) is 0 Å². The van der Waals surface area contributed by atoms with Crippen molar-refractivity contribution in [3.05, 3.63) is 65.7 Å². The average Bonchev–Trinajstić information content (AvgIpc) is 2.68. The number of hydrogen-bond donors (Lipinski definition) is 1. The Balaban J connectivity index is 1.89. The van der Waals surface area contributed by atoms with Crippen molar-refractivity contribution in [2.24, 2.45) is 0 Å². The Labute approximate surface area is 178 Å². The van der Waals surface area contributed by atoms with Gasteiger partial charge < -0.3 is 14.8 Å². The van der Waals surface area contributed by atoms with Crippen molar-refractivity contribution in [2.75, 3.05) is 25.5 Å². The molecule has 166 valence electrons. The first-order valence-corrected chi connectivity index (χ1v) is 9.43. The topological polar surface area (TPSA) is 67.9 Å². The van der Waals surface area contributed by atoms with Crippen molar-refractivity contribution >= 4 is 23.6 Å². The molecule has 0 saturated heterocycles. The summed E-state index contributed by atoms with van der Waals surface area (Å²) in [5, 5.41) is 2.72. The molecule has 1 N–H and O–H groups in total. The molecule has 0 saturated carbocycles. The first-order chi connectivity index (χ1) is 14.7. The van der Waals surface area contributed by atoms with Gasteiger partial charge in [-0.25, -0.2) is 4.79 Å². The Hall–Kier alpha value is -3.33. The molecule has 0 aliphatic heterocycles. The van der Waals surface area contributed by atoms with Gasteiger partial charge in [0.15, 0.2) is 0 Å². The van der Waals surface area contributed by atoms with Crippen LogP contribution in [0.4, 0.5) is 18.9 Å². The lowest BCUT2D eigenvalue weighted by Gasteiger charge is -2.19. The first-order valence-electron chi connectivity index (χ1n) is 9.43. The summed E-state index contributed by atoms with van der Waals surface area (Å²) in [7, 11) is 1.62. The van der Waals surface area contributed by atoms with E-state index in [4.69, 9.17) is 4.74 Å². The number of para-hydroxylation sites is 1. The second kappa shape index (κ2) is 11.2. The number of hydrogen-bond acceptors (Lipinski definition) is 5. The number of carbonyl (C=O) groups is 2. The SMILES string of the molecule is CCOC(=O)/C=C/c1ccc(NC(=O)CN(C)Cc2ccccc2OC(F)(F)F)cc1. The van der Waals surface area contributed by atoms with Gasteiger partial charge in [0.05, 0.1) is 13.2 Å². The van der Waals surface area contributed by atoms with Crippen LogP contribution < -0.4 is 10.1 Å². The lowest BCUT2D eigenvalue weighted by atomic mass is 10.2. The highest BCUT2D eigenvalue weighted by atomic mass is 19.4. The van der Waals surface area contributed by atoms with Gasteiger partial charge in [0.1, 0.15) is 5.75 Å². The van der Waals surface area contributed by atoms with E-state index in [0.29, 0.717) is 17.9 Å². The maximum absolute atomic E-state index is 12.5. The van der Waals surface area contributed by atoms with Gasteiger partial charge in [0, 0.05) is 23.9 Å². The molecule has 31 heavy (non-hydrogen) atoms. The maximum atomic E-state index is 12.5. The Morgan fingerprint density at radius 3 is 2.42 bits per heavy atom. The Morgan fingerprint density at radius 2 is 1.77 bits per heavy atom. The zero-order valence-corrected chi connectivity index (χ0v) is 17.1. The fraction of sp³-hybridized carbons (Fsp3) is 0.273. The van der Waals surface area contributed by atoms with E-state index in [9.17, 15) is 22.8 Å². The molecule has 6 nitrogen and oxygen atoms in total. The molecule has 0 spiro atoms. The highest BCUT2D eigenvalue weighted by Crippen LogP contribution is 2.26. The smallest absolute Gasteiger partial charge is 0.463 e. The summed E-state index contributed by atoms with van der Waals surface area (Å²) in [5.41, 5.74) is 1.62. The average molecular weight is 436 g/mol. The Morgan fingerprint density at radius 1 is 1.10 bits per heavy atom. The van der Waals surface area contributed by atoms with Crippen LogP contribution in [-0.2, 0) is 20.9 Å². The van der Waals surface area contributed by atoms with Gasteiger partial charge in [-0.3, -0.25) is 9.69 Å². The van der Waals surface area contributed by atoms with Gasteiger partial charge in [0.2, 0.25) is 5.91 Å². The fourth-order valence-electron chi connectivity index (χ4n) is 2.68. The summed E-state index contributed by atoms with van der Waals surface area (Å²) in [4.78, 5) is 25.2. The number of benzene rings is 2. The van der Waals surface area contributed by atoms with Crippen molar-refractivity contribution in [3.63, 3.8) is 0 Å². The molecule has 0 atom stereocenters. The quantitative estimate of drug-likeness (QED) is 0.471. The van der Waals surface area contributed by atoms with Gasteiger partial charge in [-0.2, -0.15) is 0 Å². The van der Waals surface area contributed by atoms with Crippen LogP contribution in [0, 0.1) is 0 Å². The number of likely N-dealkylation sites (N-methyl/N-ethyl adjacent to an activating group) is 1. The van der Waals surface area contributed by atoms with E-state index in [1.165, 1.54) is 24.3 Å². The molecule has 0 heterocycles. The van der Waals surface area contributed by atoms with E-state index in [1.54, 1.807) is 55.3 Å². The van der Waals surface area contributed by atoms with Crippen LogP contribution in [0.15, 0.2) is 54.6 Å². The van der Waals surface area contributed by atoms with E-state index >= 15 is 0 Å². The van der Waals surface area contributed by atoms with Gasteiger partial charge in [-0.1, -0.05) is 30.3 Å². The first kappa shape index (κ1) is 23.9. The van der Waals surface area contributed by atoms with Crippen molar-refractivity contribution in [2.45, 2.75) is 19.8 Å². The predicted molar refractivity (Wildman–Crippen MR) is 110 cm³/mol. The van der Waals surface area contributed by atoms with Crippen LogP contribution in [-0.4, -0.2) is 43.3 Å². The van der Waals surface area contributed by atoms with E-state index in [0.717, 1.165) is 5.56 Å². The number of esters is 1. The molecule has 0 fully saturated rings. The number of ether oxygens (including phenoxy) is 2. The second-order valence-electron chi connectivity index (χ2n) is 6.58. The Bertz CT molecular complexity index is 912. The molecule has 0 aliphatic rings. The molecule has 2 aromatic rings. The normalized spacial score (nSPS) is 11.5. The minimum atomic E-state index is -4.79. The molecular weight excluding hydrogens is 413 g/mol. The zero-order chi connectivity index (χ0) is 22.9. The molecule has 9 heteroatoms. The maximum Gasteiger partial charge on any atom is 0.573 e. The molecule has 2 rings (SSSR count). The van der Waals surface area contributed by atoms with Crippen molar-refractivity contribution < 1.29 is 32.2 Å². The number of rotatable bonds is 9. The third kappa shape index (κ3) is 8.91. The summed E-state index contributed by atoms with van der Waals surface area (Å²) in [5.74, 6) is -1.06. The number of carbonyl (C=O) groups excluding carboxylic acids is 2. The largest absolute Gasteiger partial charge is 0.573 e. The van der Waals surface area contributed by atoms with Crippen molar-refractivity contribution in [1.82, 2.24) is 4.90 Å². The monoisotopic (exact) mass is 436 g/mol. The van der Waals surface area contributed by atoms with Gasteiger partial charge >= 0.3 is 12.3 Å². The number of nitrogens with zero attached hydrogens (tertiary/aromatic N) is 1. The number of anilines is 1. The number of alkyl halides is 3. The summed E-state index contributed by atoms with van der Waals surface area (Å²) in [6, 6.07) is 12.6. The van der Waals surface area contributed by atoms with Crippen LogP contribution in [0.1, 0.15) is 18.1 Å². The summed E-state index contributed by atoms with van der Waals surface area (Å²) in [6.45, 7) is 2.07. The minimum absolute atomic E-state index is 0.0368. The number of nitrogens with one attached hydrogen (secondary N) is 1. The highest BCUT2D eigenvalue weighted by Gasteiger charge is 2.32. The molecule has 0 radical (unpaired) electrons. The van der Waals surface area contributed by atoms with Crippen LogP contribution >= 0.6 is 0 Å². The van der Waals surface area contributed by atoms with Gasteiger partial charge in [-0.15, -0.1) is 13.2 Å². The fourth-order valence-corrected chi connectivity index (χ4v) is 2.68. The molecule has 0 bridgehead atoms. The van der Waals surface area contributed by atoms with Crippen molar-refractivity contribution in [1.29, 1.82) is 0 Å². The van der Waals surface area contributed by atoms with E-state index in [-0.39, 0.29) is 24.7 Å². The summed E-state index contributed by atoms with van der Waals surface area (Å²) >= 11 is 0. The van der Waals surface area contributed by atoms with E-state index in [2.05, 4.69) is 10.1 Å². The molecule has 0 aromatic heterocycles. The molecule has 0 unspecified atom stereocenters. The summed E-state index contributed by atoms with van der Waals surface area (Å²) < 4.78 is 46.4. The molecule has 1 amide bonds. The molecule has 2 aromatic carbocycles. The van der Waals surface area contributed by atoms with Crippen LogP contribution in [0.25, 0.3) is 6.08 Å². The number of halogens is 3. The second-order valence-corrected chi connectivity index (χ2v) is 6.58. The van der Waals surface area contributed by atoms with Gasteiger partial charge in [0.25, 0.3) is 0 Å².